The molecule has 0 aliphatic rings. The van der Waals surface area contributed by atoms with Crippen molar-refractivity contribution in [3.63, 3.8) is 0 Å². The van der Waals surface area contributed by atoms with Crippen LogP contribution < -0.4 is 15.5 Å². The summed E-state index contributed by atoms with van der Waals surface area (Å²) < 4.78 is 54.8. The topological polar surface area (TPSA) is 159 Å². The number of rotatable bonds is 9. The molecule has 11 nitrogen and oxygen atoms in total. The molecule has 2 amide bonds. The maximum Gasteiger partial charge on any atom is 0.258 e. The molecule has 13 heteroatoms. The predicted octanol–water partition coefficient (Wildman–Crippen LogP) is 0.125. The maximum atomic E-state index is 12.8. The predicted molar refractivity (Wildman–Crippen MR) is 109 cm³/mol. The smallest absolute Gasteiger partial charge is 0.258 e. The average Bonchev–Trinajstić information content (AvgIpc) is 2.73. The van der Waals surface area contributed by atoms with Gasteiger partial charge in [-0.25, -0.2) is 22.3 Å². The zero-order chi connectivity index (χ0) is 23.2. The Bertz CT molecular complexity index is 1130. The van der Waals surface area contributed by atoms with Crippen LogP contribution in [0.1, 0.15) is 0 Å². The lowest BCUT2D eigenvalue weighted by Gasteiger charge is -2.20. The number of carbonyl (C=O) groups excluding carboxylic acids is 2. The zero-order valence-corrected chi connectivity index (χ0v) is 18.2. The van der Waals surface area contributed by atoms with E-state index in [-0.39, 0.29) is 15.5 Å². The molecular formula is C18H21N3O8S2. The molecule has 0 radical (unpaired) electrons. The van der Waals surface area contributed by atoms with Crippen molar-refractivity contribution in [2.24, 2.45) is 0 Å². The summed E-state index contributed by atoms with van der Waals surface area (Å²) in [6, 6.07) is 10.9. The summed E-state index contributed by atoms with van der Waals surface area (Å²) in [7, 11) is -6.27. The fraction of sp³-hybridized carbons (Fsp3) is 0.222. The van der Waals surface area contributed by atoms with Crippen molar-refractivity contribution < 1.29 is 36.4 Å². The number of benzene rings is 2. The number of hydroxylamine groups is 1. The minimum Gasteiger partial charge on any atom is -0.457 e. The summed E-state index contributed by atoms with van der Waals surface area (Å²) >= 11 is 0. The monoisotopic (exact) mass is 471 g/mol. The molecule has 0 atom stereocenters. The van der Waals surface area contributed by atoms with Crippen molar-refractivity contribution in [3.05, 3.63) is 48.5 Å². The summed E-state index contributed by atoms with van der Waals surface area (Å²) in [5.74, 6) is -1.04. The number of sulfone groups is 1. The molecule has 0 aromatic heterocycles. The van der Waals surface area contributed by atoms with Gasteiger partial charge in [0.2, 0.25) is 15.9 Å². The van der Waals surface area contributed by atoms with Crippen molar-refractivity contribution in [1.82, 2.24) is 15.1 Å². The van der Waals surface area contributed by atoms with E-state index >= 15 is 0 Å². The molecule has 168 valence electrons. The van der Waals surface area contributed by atoms with Crippen molar-refractivity contribution in [3.8, 4) is 11.5 Å². The molecule has 2 rings (SSSR count). The molecule has 31 heavy (non-hydrogen) atoms. The van der Waals surface area contributed by atoms with Gasteiger partial charge in [0.05, 0.1) is 22.9 Å². The minimum atomic E-state index is -4.24. The Morgan fingerprint density at radius 1 is 0.871 bits per heavy atom. The number of sulfonamides is 1. The van der Waals surface area contributed by atoms with E-state index in [4.69, 9.17) is 9.94 Å². The van der Waals surface area contributed by atoms with E-state index in [1.807, 2.05) is 0 Å². The molecule has 0 bridgehead atoms. The SMILES string of the molecule is CNC(=O)CN(CC(=O)NO)S(=O)(=O)c1ccc(Oc2ccc(S(C)(=O)=O)cc2)cc1. The number of nitrogens with one attached hydrogen (secondary N) is 2. The summed E-state index contributed by atoms with van der Waals surface area (Å²) in [4.78, 5) is 23.0. The molecule has 0 heterocycles. The second-order valence-corrected chi connectivity index (χ2v) is 10.3. The molecule has 0 saturated carbocycles. The third-order valence-corrected chi connectivity index (χ3v) is 6.93. The second-order valence-electron chi connectivity index (χ2n) is 6.30. The van der Waals surface area contributed by atoms with Crippen LogP contribution >= 0.6 is 0 Å². The zero-order valence-electron chi connectivity index (χ0n) is 16.6. The fourth-order valence-corrected chi connectivity index (χ4v) is 4.36. The van der Waals surface area contributed by atoms with E-state index in [9.17, 15) is 26.4 Å². The van der Waals surface area contributed by atoms with E-state index in [0.29, 0.717) is 10.1 Å². The molecule has 3 N–H and O–H groups in total. The third kappa shape index (κ3) is 6.49. The maximum absolute atomic E-state index is 12.8. The molecule has 0 aliphatic carbocycles. The van der Waals surface area contributed by atoms with Gasteiger partial charge >= 0.3 is 0 Å². The minimum absolute atomic E-state index is 0.129. The molecular weight excluding hydrogens is 450 g/mol. The highest BCUT2D eigenvalue weighted by atomic mass is 32.2. The van der Waals surface area contributed by atoms with Crippen LogP contribution in [0.4, 0.5) is 0 Å². The standard InChI is InChI=1S/C18H21N3O8S2/c1-19-17(22)11-21(12-18(23)20-24)31(27,28)16-9-5-14(6-10-16)29-13-3-7-15(8-4-13)30(2,25)26/h3-10,24H,11-12H2,1-2H3,(H,19,22)(H,20,23). The van der Waals surface area contributed by atoms with Crippen LogP contribution in [0.3, 0.4) is 0 Å². The van der Waals surface area contributed by atoms with Crippen molar-refractivity contribution in [2.45, 2.75) is 9.79 Å². The van der Waals surface area contributed by atoms with Crippen LogP contribution in [0.15, 0.2) is 58.3 Å². The Hall–Kier alpha value is -3.00. The second kappa shape index (κ2) is 9.87. The van der Waals surface area contributed by atoms with Crippen LogP contribution in [0.25, 0.3) is 0 Å². The third-order valence-electron chi connectivity index (χ3n) is 3.99. The normalized spacial score (nSPS) is 11.7. The van der Waals surface area contributed by atoms with Crippen LogP contribution in [-0.4, -0.2) is 64.6 Å². The van der Waals surface area contributed by atoms with Gasteiger partial charge in [0.15, 0.2) is 9.84 Å². The van der Waals surface area contributed by atoms with E-state index in [0.717, 1.165) is 6.26 Å². The van der Waals surface area contributed by atoms with Gasteiger partial charge in [-0.3, -0.25) is 14.8 Å². The highest BCUT2D eigenvalue weighted by molar-refractivity contribution is 7.90. The first-order valence-corrected chi connectivity index (χ1v) is 12.0. The van der Waals surface area contributed by atoms with Gasteiger partial charge in [0.1, 0.15) is 11.5 Å². The number of amides is 2. The molecule has 0 fully saturated rings. The number of carbonyl (C=O) groups is 2. The first kappa shape index (κ1) is 24.3. The van der Waals surface area contributed by atoms with Gasteiger partial charge in [-0.2, -0.15) is 4.31 Å². The van der Waals surface area contributed by atoms with Gasteiger partial charge in [0.25, 0.3) is 5.91 Å². The van der Waals surface area contributed by atoms with Gasteiger partial charge in [-0.05, 0) is 48.5 Å². The molecule has 0 aliphatic heterocycles. The summed E-state index contributed by atoms with van der Waals surface area (Å²) in [6.07, 6.45) is 1.08. The van der Waals surface area contributed by atoms with Crippen molar-refractivity contribution >= 4 is 31.7 Å². The summed E-state index contributed by atoms with van der Waals surface area (Å²) in [5, 5.41) is 10.9. The van der Waals surface area contributed by atoms with E-state index < -0.39 is 44.8 Å². The Labute approximate surface area is 179 Å². The number of nitrogens with zero attached hydrogens (tertiary/aromatic N) is 1. The quantitative estimate of drug-likeness (QED) is 0.344. The summed E-state index contributed by atoms with van der Waals surface area (Å²) in [5.41, 5.74) is 1.33. The van der Waals surface area contributed by atoms with Gasteiger partial charge < -0.3 is 10.1 Å². The van der Waals surface area contributed by atoms with Crippen LogP contribution in [0.2, 0.25) is 0 Å². The molecule has 2 aromatic rings. The Morgan fingerprint density at radius 3 is 1.74 bits per heavy atom. The lowest BCUT2D eigenvalue weighted by atomic mass is 10.3. The van der Waals surface area contributed by atoms with E-state index in [1.165, 1.54) is 61.1 Å². The Kier molecular flexibility index (Phi) is 7.73. The number of likely N-dealkylation sites (N-methyl/N-ethyl adjacent to an activating group) is 1. The molecule has 0 spiro atoms. The van der Waals surface area contributed by atoms with Crippen molar-refractivity contribution in [1.29, 1.82) is 0 Å². The highest BCUT2D eigenvalue weighted by Gasteiger charge is 2.28. The van der Waals surface area contributed by atoms with Crippen LogP contribution in [0, 0.1) is 0 Å². The largest absolute Gasteiger partial charge is 0.457 e. The van der Waals surface area contributed by atoms with E-state index in [2.05, 4.69) is 5.32 Å². The van der Waals surface area contributed by atoms with Gasteiger partial charge in [0, 0.05) is 13.3 Å². The molecule has 2 aromatic carbocycles. The van der Waals surface area contributed by atoms with E-state index in [1.54, 1.807) is 0 Å². The Morgan fingerprint density at radius 2 is 1.32 bits per heavy atom. The number of ether oxygens (including phenoxy) is 1. The number of hydrogen-bond acceptors (Lipinski definition) is 8. The summed E-state index contributed by atoms with van der Waals surface area (Å²) in [6.45, 7) is -1.39. The lowest BCUT2D eigenvalue weighted by molar-refractivity contribution is -0.129. The average molecular weight is 472 g/mol. The first-order valence-electron chi connectivity index (χ1n) is 8.69. The highest BCUT2D eigenvalue weighted by Crippen LogP contribution is 2.25. The van der Waals surface area contributed by atoms with Gasteiger partial charge in [-0.15, -0.1) is 0 Å². The molecule has 0 saturated heterocycles. The van der Waals surface area contributed by atoms with Crippen LogP contribution in [0.5, 0.6) is 11.5 Å². The lowest BCUT2D eigenvalue weighted by Crippen LogP contribution is -2.44. The van der Waals surface area contributed by atoms with Crippen molar-refractivity contribution in [2.75, 3.05) is 26.4 Å². The van der Waals surface area contributed by atoms with Gasteiger partial charge in [-0.1, -0.05) is 0 Å². The van der Waals surface area contributed by atoms with Crippen LogP contribution in [-0.2, 0) is 29.4 Å². The molecule has 0 unspecified atom stereocenters. The first-order chi connectivity index (χ1) is 14.5. The fourth-order valence-electron chi connectivity index (χ4n) is 2.38. The number of hydrogen-bond donors (Lipinski definition) is 3. The Balaban J connectivity index is 2.22.